The minimum absolute atomic E-state index is 0.443. The highest BCUT2D eigenvalue weighted by atomic mass is 16.4. The molecule has 0 aromatic heterocycles. The van der Waals surface area contributed by atoms with E-state index in [1.165, 1.54) is 32.4 Å². The van der Waals surface area contributed by atoms with Crippen LogP contribution < -0.4 is 5.32 Å². The van der Waals surface area contributed by atoms with E-state index in [2.05, 4.69) is 17.1 Å². The maximum absolute atomic E-state index is 11.5. The second kappa shape index (κ2) is 7.59. The topological polar surface area (TPSA) is 52.6 Å². The van der Waals surface area contributed by atoms with Crippen LogP contribution in [-0.4, -0.2) is 47.2 Å². The Labute approximate surface area is 129 Å². The molecular weight excluding hydrogens is 264 g/mol. The molecule has 0 aromatic carbocycles. The number of carboxylic acid groups (broad SMARTS) is 1. The molecule has 2 unspecified atom stereocenters. The highest BCUT2D eigenvalue weighted by Gasteiger charge is 2.37. The molecule has 1 aliphatic heterocycles. The van der Waals surface area contributed by atoms with Gasteiger partial charge in [-0.15, -0.1) is 0 Å². The number of likely N-dealkylation sites (tertiary alicyclic amines) is 1. The van der Waals surface area contributed by atoms with Gasteiger partial charge < -0.3 is 10.0 Å². The van der Waals surface area contributed by atoms with Crippen molar-refractivity contribution in [1.82, 2.24) is 10.2 Å². The number of nitrogens with zero attached hydrogens (tertiary/aromatic N) is 1. The Balaban J connectivity index is 1.66. The molecule has 122 valence electrons. The van der Waals surface area contributed by atoms with Crippen LogP contribution in [0.3, 0.4) is 0 Å². The Kier molecular flexibility index (Phi) is 6.06. The Hall–Kier alpha value is -0.610. The van der Waals surface area contributed by atoms with Crippen LogP contribution in [0.1, 0.15) is 65.2 Å². The number of unbranched alkanes of at least 4 members (excludes halogenated alkanes) is 1. The van der Waals surface area contributed by atoms with Gasteiger partial charge in [0.25, 0.3) is 0 Å². The number of rotatable bonds is 8. The van der Waals surface area contributed by atoms with Crippen molar-refractivity contribution in [3.8, 4) is 0 Å². The summed E-state index contributed by atoms with van der Waals surface area (Å²) in [7, 11) is 0. The molecule has 1 aliphatic carbocycles. The molecule has 0 amide bonds. The molecule has 1 saturated heterocycles. The molecule has 0 spiro atoms. The first-order chi connectivity index (χ1) is 9.99. The second-order valence-corrected chi connectivity index (χ2v) is 7.39. The Morgan fingerprint density at radius 2 is 2.00 bits per heavy atom. The van der Waals surface area contributed by atoms with Crippen molar-refractivity contribution in [3.63, 3.8) is 0 Å². The van der Waals surface area contributed by atoms with E-state index in [9.17, 15) is 9.90 Å². The molecule has 2 aliphatic rings. The van der Waals surface area contributed by atoms with Gasteiger partial charge in [0.1, 0.15) is 5.54 Å². The van der Waals surface area contributed by atoms with Gasteiger partial charge in [-0.05, 0) is 83.8 Å². The largest absolute Gasteiger partial charge is 0.480 e. The summed E-state index contributed by atoms with van der Waals surface area (Å²) < 4.78 is 0. The second-order valence-electron chi connectivity index (χ2n) is 7.39. The zero-order chi connectivity index (χ0) is 15.3. The zero-order valence-corrected chi connectivity index (χ0v) is 13.7. The van der Waals surface area contributed by atoms with Crippen molar-refractivity contribution in [3.05, 3.63) is 0 Å². The van der Waals surface area contributed by atoms with E-state index in [0.29, 0.717) is 6.04 Å². The van der Waals surface area contributed by atoms with E-state index >= 15 is 0 Å². The molecule has 0 bridgehead atoms. The quantitative estimate of drug-likeness (QED) is 0.676. The maximum atomic E-state index is 11.5. The van der Waals surface area contributed by atoms with Crippen LogP contribution in [0.15, 0.2) is 0 Å². The zero-order valence-electron chi connectivity index (χ0n) is 13.7. The number of carboxylic acids is 1. The normalized spacial score (nSPS) is 27.0. The van der Waals surface area contributed by atoms with Gasteiger partial charge in [0, 0.05) is 6.04 Å². The van der Waals surface area contributed by atoms with E-state index in [0.717, 1.165) is 44.6 Å². The van der Waals surface area contributed by atoms with Gasteiger partial charge in [0.2, 0.25) is 0 Å². The maximum Gasteiger partial charge on any atom is 0.323 e. The van der Waals surface area contributed by atoms with E-state index in [1.54, 1.807) is 0 Å². The first kappa shape index (κ1) is 16.8. The van der Waals surface area contributed by atoms with Crippen molar-refractivity contribution < 1.29 is 9.90 Å². The molecule has 21 heavy (non-hydrogen) atoms. The fraction of sp³-hybridized carbons (Fsp3) is 0.941. The molecule has 2 N–H and O–H groups in total. The molecule has 0 radical (unpaired) electrons. The number of hydrogen-bond acceptors (Lipinski definition) is 3. The smallest absolute Gasteiger partial charge is 0.323 e. The highest BCUT2D eigenvalue weighted by Crippen LogP contribution is 2.25. The molecule has 0 aromatic rings. The summed E-state index contributed by atoms with van der Waals surface area (Å²) in [6, 6.07) is 0.443. The lowest BCUT2D eigenvalue weighted by atomic mass is 9.94. The molecule has 1 heterocycles. The summed E-state index contributed by atoms with van der Waals surface area (Å²) in [5.41, 5.74) is -0.728. The van der Waals surface area contributed by atoms with Crippen molar-refractivity contribution >= 4 is 5.97 Å². The molecule has 2 fully saturated rings. The standard InChI is InChI=1S/C17H32N2O2/c1-14-6-5-12-19(13-9-14)11-4-3-10-17(2,16(20)21)18-15-7-8-15/h14-15,18H,3-13H2,1-2H3,(H,20,21). The van der Waals surface area contributed by atoms with Crippen LogP contribution in [0.5, 0.6) is 0 Å². The van der Waals surface area contributed by atoms with E-state index in [1.807, 2.05) is 6.92 Å². The van der Waals surface area contributed by atoms with Crippen LogP contribution in [0.2, 0.25) is 0 Å². The van der Waals surface area contributed by atoms with Crippen LogP contribution in [0, 0.1) is 5.92 Å². The molecular formula is C17H32N2O2. The number of nitrogens with one attached hydrogen (secondary N) is 1. The third-order valence-corrected chi connectivity index (χ3v) is 5.08. The van der Waals surface area contributed by atoms with Crippen molar-refractivity contribution in [2.75, 3.05) is 19.6 Å². The van der Waals surface area contributed by atoms with Crippen LogP contribution in [-0.2, 0) is 4.79 Å². The van der Waals surface area contributed by atoms with Crippen molar-refractivity contribution in [2.24, 2.45) is 5.92 Å². The molecule has 1 saturated carbocycles. The van der Waals surface area contributed by atoms with Crippen LogP contribution in [0.25, 0.3) is 0 Å². The lowest BCUT2D eigenvalue weighted by Gasteiger charge is -2.27. The van der Waals surface area contributed by atoms with Crippen LogP contribution >= 0.6 is 0 Å². The predicted molar refractivity (Wildman–Crippen MR) is 85.5 cm³/mol. The first-order valence-corrected chi connectivity index (χ1v) is 8.73. The molecule has 4 heteroatoms. The van der Waals surface area contributed by atoms with Gasteiger partial charge >= 0.3 is 5.97 Å². The lowest BCUT2D eigenvalue weighted by molar-refractivity contribution is -0.144. The summed E-state index contributed by atoms with van der Waals surface area (Å²) in [4.78, 5) is 14.1. The fourth-order valence-corrected chi connectivity index (χ4v) is 3.28. The lowest BCUT2D eigenvalue weighted by Crippen LogP contribution is -2.50. The van der Waals surface area contributed by atoms with Crippen molar-refractivity contribution in [1.29, 1.82) is 0 Å². The molecule has 4 nitrogen and oxygen atoms in total. The molecule has 2 rings (SSSR count). The van der Waals surface area contributed by atoms with Crippen molar-refractivity contribution in [2.45, 2.75) is 76.8 Å². The first-order valence-electron chi connectivity index (χ1n) is 8.73. The summed E-state index contributed by atoms with van der Waals surface area (Å²) in [5.74, 6) is 0.172. The Bertz CT molecular complexity index is 344. The average molecular weight is 296 g/mol. The average Bonchev–Trinajstić information content (AvgIpc) is 3.24. The summed E-state index contributed by atoms with van der Waals surface area (Å²) in [6.45, 7) is 7.77. The van der Waals surface area contributed by atoms with Gasteiger partial charge in [-0.1, -0.05) is 6.92 Å². The third kappa shape index (κ3) is 5.59. The summed E-state index contributed by atoms with van der Waals surface area (Å²) in [6.07, 6.45) is 9.11. The Morgan fingerprint density at radius 1 is 1.24 bits per heavy atom. The number of carbonyl (C=O) groups is 1. The predicted octanol–water partition coefficient (Wildman–Crippen LogP) is 2.87. The van der Waals surface area contributed by atoms with Gasteiger partial charge in [-0.25, -0.2) is 0 Å². The number of hydrogen-bond donors (Lipinski definition) is 2. The Morgan fingerprint density at radius 3 is 2.67 bits per heavy atom. The van der Waals surface area contributed by atoms with E-state index in [4.69, 9.17) is 0 Å². The fourth-order valence-electron chi connectivity index (χ4n) is 3.28. The SMILES string of the molecule is CC1CCCN(CCCCC(C)(NC2CC2)C(=O)O)CC1. The van der Waals surface area contributed by atoms with Gasteiger partial charge in [0.05, 0.1) is 0 Å². The van der Waals surface area contributed by atoms with E-state index in [-0.39, 0.29) is 0 Å². The monoisotopic (exact) mass is 296 g/mol. The van der Waals surface area contributed by atoms with Crippen LogP contribution in [0.4, 0.5) is 0 Å². The molecule has 2 atom stereocenters. The number of aliphatic carboxylic acids is 1. The van der Waals surface area contributed by atoms with E-state index < -0.39 is 11.5 Å². The highest BCUT2D eigenvalue weighted by molar-refractivity contribution is 5.78. The van der Waals surface area contributed by atoms with Gasteiger partial charge in [0.15, 0.2) is 0 Å². The summed E-state index contributed by atoms with van der Waals surface area (Å²) in [5, 5.41) is 12.8. The minimum atomic E-state index is -0.728. The minimum Gasteiger partial charge on any atom is -0.480 e. The van der Waals surface area contributed by atoms with Gasteiger partial charge in [-0.3, -0.25) is 10.1 Å². The van der Waals surface area contributed by atoms with Gasteiger partial charge in [-0.2, -0.15) is 0 Å². The summed E-state index contributed by atoms with van der Waals surface area (Å²) >= 11 is 0. The third-order valence-electron chi connectivity index (χ3n) is 5.08.